The molecular formula is C24H30F2N2O3S. The zero-order valence-corrected chi connectivity index (χ0v) is 19.0. The highest BCUT2D eigenvalue weighted by Gasteiger charge is 2.41. The van der Waals surface area contributed by atoms with E-state index in [4.69, 9.17) is 5.73 Å². The first kappa shape index (κ1) is 23.3. The van der Waals surface area contributed by atoms with E-state index >= 15 is 8.78 Å². The number of hydrogen-bond acceptors (Lipinski definition) is 4. The number of rotatable bonds is 4. The van der Waals surface area contributed by atoms with Gasteiger partial charge in [0.05, 0.1) is 5.60 Å². The molecule has 174 valence electrons. The van der Waals surface area contributed by atoms with E-state index in [1.54, 1.807) is 31.2 Å². The van der Waals surface area contributed by atoms with Crippen LogP contribution in [-0.2, 0) is 22.2 Å². The number of halogens is 2. The van der Waals surface area contributed by atoms with Crippen LogP contribution in [0.4, 0.5) is 8.78 Å². The maximum absolute atomic E-state index is 15.1. The number of nitrogens with zero attached hydrogens (tertiary/aromatic N) is 1. The molecule has 2 aliphatic rings. The second-order valence-corrected chi connectivity index (χ2v) is 11.3. The Morgan fingerprint density at radius 1 is 1.06 bits per heavy atom. The summed E-state index contributed by atoms with van der Waals surface area (Å²) in [5.41, 5.74) is 5.01. The average molecular weight is 465 g/mol. The van der Waals surface area contributed by atoms with Crippen LogP contribution in [0.1, 0.15) is 67.4 Å². The predicted molar refractivity (Wildman–Crippen MR) is 119 cm³/mol. The third kappa shape index (κ3) is 4.33. The number of hydrogen-bond donors (Lipinski definition) is 2. The molecule has 1 aliphatic carbocycles. The third-order valence-electron chi connectivity index (χ3n) is 7.02. The van der Waals surface area contributed by atoms with Gasteiger partial charge in [-0.1, -0.05) is 30.3 Å². The monoisotopic (exact) mass is 464 g/mol. The molecule has 2 fully saturated rings. The molecule has 0 bridgehead atoms. The van der Waals surface area contributed by atoms with Gasteiger partial charge in [0.25, 0.3) is 0 Å². The molecule has 2 aromatic carbocycles. The Hall–Kier alpha value is -1.87. The van der Waals surface area contributed by atoms with Crippen LogP contribution < -0.4 is 5.73 Å². The van der Waals surface area contributed by atoms with Crippen molar-refractivity contribution >= 4 is 10.0 Å². The number of sulfonamides is 1. The summed E-state index contributed by atoms with van der Waals surface area (Å²) in [4.78, 5) is 0. The van der Waals surface area contributed by atoms with Crippen LogP contribution in [0.15, 0.2) is 42.5 Å². The Balaban J connectivity index is 1.62. The molecule has 1 saturated carbocycles. The van der Waals surface area contributed by atoms with Gasteiger partial charge in [-0.05, 0) is 63.1 Å². The van der Waals surface area contributed by atoms with Gasteiger partial charge in [0.1, 0.15) is 16.9 Å². The molecule has 5 nitrogen and oxygen atoms in total. The maximum atomic E-state index is 15.1. The SMILES string of the molecule is C[C@H]1CCC(c2ccccc2)S(=O)(=O)N1Cc1cc(F)c([C@]2(O)CC[C@@H](N)CC2)cc1F. The Bertz CT molecular complexity index is 1070. The van der Waals surface area contributed by atoms with E-state index in [0.29, 0.717) is 31.2 Å². The van der Waals surface area contributed by atoms with Crippen molar-refractivity contribution in [3.63, 3.8) is 0 Å². The van der Waals surface area contributed by atoms with E-state index in [2.05, 4.69) is 0 Å². The molecule has 1 saturated heterocycles. The lowest BCUT2D eigenvalue weighted by atomic mass is 9.77. The molecule has 8 heteroatoms. The van der Waals surface area contributed by atoms with E-state index < -0.39 is 32.5 Å². The summed E-state index contributed by atoms with van der Waals surface area (Å²) >= 11 is 0. The van der Waals surface area contributed by atoms with Gasteiger partial charge in [0.2, 0.25) is 10.0 Å². The highest BCUT2D eigenvalue weighted by Crippen LogP contribution is 2.40. The van der Waals surface area contributed by atoms with Crippen LogP contribution in [0, 0.1) is 11.6 Å². The molecular weight excluding hydrogens is 434 g/mol. The first-order chi connectivity index (χ1) is 15.1. The van der Waals surface area contributed by atoms with E-state index in [1.165, 1.54) is 4.31 Å². The van der Waals surface area contributed by atoms with Gasteiger partial charge in [-0.25, -0.2) is 17.2 Å². The lowest BCUT2D eigenvalue weighted by molar-refractivity contribution is -0.00831. The highest BCUT2D eigenvalue weighted by molar-refractivity contribution is 7.89. The Labute approximate surface area is 188 Å². The quantitative estimate of drug-likeness (QED) is 0.713. The van der Waals surface area contributed by atoms with Gasteiger partial charge in [-0.15, -0.1) is 0 Å². The fraction of sp³-hybridized carbons (Fsp3) is 0.500. The molecule has 0 amide bonds. The molecule has 1 aliphatic heterocycles. The van der Waals surface area contributed by atoms with Crippen molar-refractivity contribution in [2.45, 2.75) is 74.9 Å². The van der Waals surface area contributed by atoms with Crippen molar-refractivity contribution in [3.05, 3.63) is 70.8 Å². The molecule has 0 aromatic heterocycles. The van der Waals surface area contributed by atoms with Crippen LogP contribution in [0.3, 0.4) is 0 Å². The zero-order valence-electron chi connectivity index (χ0n) is 18.2. The topological polar surface area (TPSA) is 83.6 Å². The molecule has 1 heterocycles. The molecule has 2 atom stereocenters. The fourth-order valence-corrected chi connectivity index (χ4v) is 7.16. The van der Waals surface area contributed by atoms with Crippen LogP contribution in [-0.4, -0.2) is 29.9 Å². The van der Waals surface area contributed by atoms with Crippen LogP contribution in [0.5, 0.6) is 0 Å². The van der Waals surface area contributed by atoms with Gasteiger partial charge in [0, 0.05) is 29.8 Å². The average Bonchev–Trinajstić information content (AvgIpc) is 2.76. The number of benzene rings is 2. The lowest BCUT2D eigenvalue weighted by Crippen LogP contribution is -2.45. The summed E-state index contributed by atoms with van der Waals surface area (Å²) in [6.45, 7) is 1.54. The summed E-state index contributed by atoms with van der Waals surface area (Å²) in [5, 5.41) is 10.2. The highest BCUT2D eigenvalue weighted by atomic mass is 32.2. The van der Waals surface area contributed by atoms with E-state index in [9.17, 15) is 13.5 Å². The number of nitrogens with two attached hydrogens (primary N) is 1. The first-order valence-corrected chi connectivity index (χ1v) is 12.6. The molecule has 2 aromatic rings. The normalized spacial score (nSPS) is 30.8. The van der Waals surface area contributed by atoms with Gasteiger partial charge >= 0.3 is 0 Å². The van der Waals surface area contributed by atoms with Crippen LogP contribution >= 0.6 is 0 Å². The van der Waals surface area contributed by atoms with Crippen LogP contribution in [0.2, 0.25) is 0 Å². The lowest BCUT2D eigenvalue weighted by Gasteiger charge is -2.38. The van der Waals surface area contributed by atoms with Crippen molar-refractivity contribution in [1.29, 1.82) is 0 Å². The predicted octanol–water partition coefficient (Wildman–Crippen LogP) is 4.11. The summed E-state index contributed by atoms with van der Waals surface area (Å²) in [5.74, 6) is -1.44. The Kier molecular flexibility index (Phi) is 6.42. The standard InChI is InChI=1S/C24H30F2N2O3S/c1-16-7-8-23(17-5-3-2-4-6-17)32(30,31)28(16)15-18-13-22(26)20(14-21(18)25)24(29)11-9-19(27)10-12-24/h2-6,13-14,16,19,23,29H,7-12,15,27H2,1H3/t16-,19-,23?,24+/m0/s1. The van der Waals surface area contributed by atoms with Crippen LogP contribution in [0.25, 0.3) is 0 Å². The molecule has 0 spiro atoms. The second kappa shape index (κ2) is 8.82. The van der Waals surface area contributed by atoms with Gasteiger partial charge in [-0.3, -0.25) is 0 Å². The van der Waals surface area contributed by atoms with Crippen molar-refractivity contribution in [2.75, 3.05) is 0 Å². The van der Waals surface area contributed by atoms with E-state index in [-0.39, 0.29) is 42.6 Å². The molecule has 0 radical (unpaired) electrons. The van der Waals surface area contributed by atoms with E-state index in [1.807, 2.05) is 6.07 Å². The smallest absolute Gasteiger partial charge is 0.221 e. The molecule has 3 N–H and O–H groups in total. The van der Waals surface area contributed by atoms with E-state index in [0.717, 1.165) is 12.1 Å². The summed E-state index contributed by atoms with van der Waals surface area (Å²) in [6, 6.07) is 10.7. The van der Waals surface area contributed by atoms with Gasteiger partial charge < -0.3 is 10.8 Å². The van der Waals surface area contributed by atoms with Crippen molar-refractivity contribution < 1.29 is 22.3 Å². The minimum atomic E-state index is -3.76. The first-order valence-electron chi connectivity index (χ1n) is 11.1. The number of aliphatic hydroxyl groups is 1. The van der Waals surface area contributed by atoms with Crippen molar-refractivity contribution in [3.8, 4) is 0 Å². The Morgan fingerprint density at radius 3 is 2.38 bits per heavy atom. The maximum Gasteiger partial charge on any atom is 0.221 e. The molecule has 4 rings (SSSR count). The second-order valence-electron chi connectivity index (χ2n) is 9.21. The van der Waals surface area contributed by atoms with Gasteiger partial charge in [-0.2, -0.15) is 4.31 Å². The molecule has 1 unspecified atom stereocenters. The molecule has 32 heavy (non-hydrogen) atoms. The minimum absolute atomic E-state index is 0.0357. The van der Waals surface area contributed by atoms with Gasteiger partial charge in [0.15, 0.2) is 0 Å². The van der Waals surface area contributed by atoms with Crippen molar-refractivity contribution in [1.82, 2.24) is 4.31 Å². The fourth-order valence-electron chi connectivity index (χ4n) is 4.97. The summed E-state index contributed by atoms with van der Waals surface area (Å²) in [6.07, 6.45) is 2.70. The Morgan fingerprint density at radius 2 is 1.72 bits per heavy atom. The zero-order chi connectivity index (χ0) is 23.1. The summed E-state index contributed by atoms with van der Waals surface area (Å²) < 4.78 is 58.1. The summed E-state index contributed by atoms with van der Waals surface area (Å²) in [7, 11) is -3.76. The largest absolute Gasteiger partial charge is 0.385 e. The van der Waals surface area contributed by atoms with Crippen molar-refractivity contribution in [2.24, 2.45) is 5.73 Å². The minimum Gasteiger partial charge on any atom is -0.385 e. The third-order valence-corrected chi connectivity index (χ3v) is 9.39.